The molecule has 180 valence electrons. The van der Waals surface area contributed by atoms with E-state index in [1.165, 1.54) is 0 Å². The van der Waals surface area contributed by atoms with E-state index in [-0.39, 0.29) is 29.9 Å². The Kier molecular flexibility index (Phi) is 11.9. The molecule has 0 bridgehead atoms. The second-order valence-electron chi connectivity index (χ2n) is 7.43. The summed E-state index contributed by atoms with van der Waals surface area (Å²) < 4.78 is 5.82. The van der Waals surface area contributed by atoms with Crippen molar-refractivity contribution in [3.05, 3.63) is 95.2 Å². The van der Waals surface area contributed by atoms with Crippen molar-refractivity contribution in [1.29, 1.82) is 0 Å². The molecule has 0 aliphatic heterocycles. The highest BCUT2D eigenvalue weighted by molar-refractivity contribution is 14.0. The summed E-state index contributed by atoms with van der Waals surface area (Å²) >= 11 is 0. The average Bonchev–Trinajstić information content (AvgIpc) is 2.86. The number of hydrogen-bond acceptors (Lipinski definition) is 4. The largest absolute Gasteiger partial charge is 0.473 e. The molecule has 0 spiro atoms. The minimum Gasteiger partial charge on any atom is -0.473 e. The summed E-state index contributed by atoms with van der Waals surface area (Å²) in [4.78, 5) is 20.8. The van der Waals surface area contributed by atoms with Crippen LogP contribution >= 0.6 is 24.0 Å². The lowest BCUT2D eigenvalue weighted by molar-refractivity contribution is 0.0963. The molecule has 7 nitrogen and oxygen atoms in total. The number of guanidine groups is 1. The molecule has 1 aromatic heterocycles. The van der Waals surface area contributed by atoms with Gasteiger partial charge in [-0.05, 0) is 48.2 Å². The predicted octanol–water partition coefficient (Wildman–Crippen LogP) is 3.94. The smallest absolute Gasteiger partial charge is 0.251 e. The van der Waals surface area contributed by atoms with E-state index in [1.54, 1.807) is 13.2 Å². The molecule has 1 heterocycles. The number of aromatic nitrogens is 1. The Labute approximate surface area is 218 Å². The molecule has 0 unspecified atom stereocenters. The number of amides is 1. The van der Waals surface area contributed by atoms with E-state index in [1.807, 2.05) is 73.7 Å². The number of nitrogens with one attached hydrogen (secondary N) is 3. The average molecular weight is 573 g/mol. The first-order valence-electron chi connectivity index (χ1n) is 11.1. The summed E-state index contributed by atoms with van der Waals surface area (Å²) in [5.41, 5.74) is 3.87. The van der Waals surface area contributed by atoms with Crippen molar-refractivity contribution in [1.82, 2.24) is 20.9 Å². The molecule has 3 aromatic rings. The number of ether oxygens (including phenoxy) is 1. The number of nitrogens with zero attached hydrogens (tertiary/aromatic N) is 2. The van der Waals surface area contributed by atoms with Crippen LogP contribution in [0.1, 0.15) is 34.0 Å². The van der Waals surface area contributed by atoms with Crippen molar-refractivity contribution in [2.24, 2.45) is 4.99 Å². The zero-order valence-corrected chi connectivity index (χ0v) is 21.9. The lowest BCUT2D eigenvalue weighted by Gasteiger charge is -2.12. The van der Waals surface area contributed by atoms with Gasteiger partial charge in [0.05, 0.1) is 6.54 Å². The van der Waals surface area contributed by atoms with Crippen molar-refractivity contribution in [2.45, 2.75) is 26.5 Å². The molecule has 0 aliphatic carbocycles. The maximum atomic E-state index is 11.8. The van der Waals surface area contributed by atoms with Crippen molar-refractivity contribution in [3.8, 4) is 5.88 Å². The van der Waals surface area contributed by atoms with Crippen LogP contribution in [0.5, 0.6) is 5.88 Å². The molecule has 0 radical (unpaired) electrons. The molecular weight excluding hydrogens is 541 g/mol. The Balaban J connectivity index is 0.00000408. The van der Waals surface area contributed by atoms with Gasteiger partial charge in [0.1, 0.15) is 6.61 Å². The Morgan fingerprint density at radius 1 is 0.971 bits per heavy atom. The highest BCUT2D eigenvalue weighted by Crippen LogP contribution is 2.12. The SMILES string of the molecule is CCNC(=NCc1ccnc(OCc2ccccc2)c1)NCCc1cccc(C(=O)NC)c1.I. The van der Waals surface area contributed by atoms with E-state index in [0.717, 1.165) is 35.6 Å². The van der Waals surface area contributed by atoms with E-state index in [2.05, 4.69) is 25.9 Å². The van der Waals surface area contributed by atoms with Gasteiger partial charge in [-0.25, -0.2) is 9.98 Å². The molecule has 0 saturated carbocycles. The zero-order valence-electron chi connectivity index (χ0n) is 19.6. The Morgan fingerprint density at radius 2 is 1.76 bits per heavy atom. The fraction of sp³-hybridized carbons (Fsp3) is 0.269. The number of carbonyl (C=O) groups excluding carboxylic acids is 1. The van der Waals surface area contributed by atoms with Crippen LogP contribution in [0.15, 0.2) is 77.9 Å². The number of carbonyl (C=O) groups is 1. The quantitative estimate of drug-likeness (QED) is 0.194. The van der Waals surface area contributed by atoms with E-state index in [0.29, 0.717) is 31.1 Å². The van der Waals surface area contributed by atoms with Gasteiger partial charge in [-0.3, -0.25) is 4.79 Å². The molecule has 1 amide bonds. The van der Waals surface area contributed by atoms with Crippen LogP contribution < -0.4 is 20.7 Å². The number of halogens is 1. The third-order valence-electron chi connectivity index (χ3n) is 4.92. The first-order valence-corrected chi connectivity index (χ1v) is 11.1. The van der Waals surface area contributed by atoms with Crippen LogP contribution in [0.25, 0.3) is 0 Å². The van der Waals surface area contributed by atoms with Gasteiger partial charge >= 0.3 is 0 Å². The number of hydrogen-bond donors (Lipinski definition) is 3. The molecule has 3 N–H and O–H groups in total. The lowest BCUT2D eigenvalue weighted by Crippen LogP contribution is -2.38. The van der Waals surface area contributed by atoms with Crippen molar-refractivity contribution >= 4 is 35.8 Å². The summed E-state index contributed by atoms with van der Waals surface area (Å²) in [6.45, 7) is 4.48. The monoisotopic (exact) mass is 573 g/mol. The third-order valence-corrected chi connectivity index (χ3v) is 4.92. The van der Waals surface area contributed by atoms with Crippen molar-refractivity contribution in [3.63, 3.8) is 0 Å². The van der Waals surface area contributed by atoms with Gasteiger partial charge in [-0.15, -0.1) is 24.0 Å². The van der Waals surface area contributed by atoms with Crippen LogP contribution in [-0.2, 0) is 19.6 Å². The topological polar surface area (TPSA) is 87.6 Å². The normalized spacial score (nSPS) is 10.7. The van der Waals surface area contributed by atoms with Gasteiger partial charge in [-0.1, -0.05) is 42.5 Å². The summed E-state index contributed by atoms with van der Waals surface area (Å²) in [5, 5.41) is 9.28. The molecule has 34 heavy (non-hydrogen) atoms. The number of rotatable bonds is 10. The standard InChI is InChI=1S/C26H31N5O2.HI/c1-3-28-26(30-15-12-20-10-7-11-23(16-20)25(32)27-2)31-18-22-13-14-29-24(17-22)33-19-21-8-5-4-6-9-21;/h4-11,13-14,16-17H,3,12,15,18-19H2,1-2H3,(H,27,32)(H2,28,30,31);1H. The molecule has 0 fully saturated rings. The summed E-state index contributed by atoms with van der Waals surface area (Å²) in [6.07, 6.45) is 2.52. The Bertz CT molecular complexity index is 1060. The molecule has 0 aliphatic rings. The molecule has 0 saturated heterocycles. The fourth-order valence-electron chi connectivity index (χ4n) is 3.21. The van der Waals surface area contributed by atoms with Crippen molar-refractivity contribution in [2.75, 3.05) is 20.1 Å². The fourth-order valence-corrected chi connectivity index (χ4v) is 3.21. The maximum Gasteiger partial charge on any atom is 0.251 e. The number of aliphatic imine (C=N–C) groups is 1. The van der Waals surface area contributed by atoms with Gasteiger partial charge in [-0.2, -0.15) is 0 Å². The molecular formula is C26H32IN5O2. The van der Waals surface area contributed by atoms with Gasteiger partial charge < -0.3 is 20.7 Å². The third kappa shape index (κ3) is 9.01. The Hall–Kier alpha value is -3.14. The molecule has 0 atom stereocenters. The summed E-state index contributed by atoms with van der Waals surface area (Å²) in [6, 6.07) is 21.5. The minimum absolute atomic E-state index is 0. The van der Waals surface area contributed by atoms with Crippen molar-refractivity contribution < 1.29 is 9.53 Å². The van der Waals surface area contributed by atoms with E-state index in [4.69, 9.17) is 4.74 Å². The first kappa shape index (κ1) is 27.1. The van der Waals surface area contributed by atoms with Gasteiger partial charge in [0.2, 0.25) is 5.88 Å². The second-order valence-corrected chi connectivity index (χ2v) is 7.43. The Morgan fingerprint density at radius 3 is 2.53 bits per heavy atom. The predicted molar refractivity (Wildman–Crippen MR) is 147 cm³/mol. The van der Waals surface area contributed by atoms with Crippen LogP contribution in [0.3, 0.4) is 0 Å². The lowest BCUT2D eigenvalue weighted by atomic mass is 10.1. The summed E-state index contributed by atoms with van der Waals surface area (Å²) in [7, 11) is 1.64. The van der Waals surface area contributed by atoms with Crippen LogP contribution in [0, 0.1) is 0 Å². The number of benzene rings is 2. The zero-order chi connectivity index (χ0) is 23.3. The number of pyridine rings is 1. The van der Waals surface area contributed by atoms with Gasteiger partial charge in [0.15, 0.2) is 5.96 Å². The van der Waals surface area contributed by atoms with Gasteiger partial charge in [0.25, 0.3) is 5.91 Å². The second kappa shape index (κ2) is 14.9. The summed E-state index contributed by atoms with van der Waals surface area (Å²) in [5.74, 6) is 1.24. The molecule has 3 rings (SSSR count). The molecule has 8 heteroatoms. The van der Waals surface area contributed by atoms with Crippen LogP contribution in [0.2, 0.25) is 0 Å². The van der Waals surface area contributed by atoms with E-state index < -0.39 is 0 Å². The van der Waals surface area contributed by atoms with Crippen LogP contribution in [0.4, 0.5) is 0 Å². The van der Waals surface area contributed by atoms with Crippen LogP contribution in [-0.4, -0.2) is 37.0 Å². The van der Waals surface area contributed by atoms with E-state index in [9.17, 15) is 4.79 Å². The first-order chi connectivity index (χ1) is 16.2. The minimum atomic E-state index is -0.0795. The molecule has 2 aromatic carbocycles. The van der Waals surface area contributed by atoms with Gasteiger partial charge in [0, 0.05) is 38.0 Å². The van der Waals surface area contributed by atoms with E-state index >= 15 is 0 Å². The highest BCUT2D eigenvalue weighted by Gasteiger charge is 2.05. The maximum absolute atomic E-state index is 11.8. The highest BCUT2D eigenvalue weighted by atomic mass is 127.